The number of carbonyl (C=O) groups excluding carboxylic acids is 1. The van der Waals surface area contributed by atoms with Gasteiger partial charge in [-0.3, -0.25) is 15.1 Å². The van der Waals surface area contributed by atoms with Gasteiger partial charge in [-0.25, -0.2) is 9.97 Å². The average Bonchev–Trinajstić information content (AvgIpc) is 3.30. The van der Waals surface area contributed by atoms with Crippen LogP contribution in [0.15, 0.2) is 59.5 Å². The second-order valence-electron chi connectivity index (χ2n) is 6.68. The summed E-state index contributed by atoms with van der Waals surface area (Å²) in [6.07, 6.45) is 7.91. The van der Waals surface area contributed by atoms with E-state index in [0.29, 0.717) is 17.0 Å². The lowest BCUT2D eigenvalue weighted by Gasteiger charge is -2.09. The molecule has 0 atom stereocenters. The number of benzene rings is 1. The van der Waals surface area contributed by atoms with Crippen LogP contribution in [0.2, 0.25) is 0 Å². The molecule has 0 radical (unpaired) electrons. The zero-order chi connectivity index (χ0) is 19.8. The molecule has 3 N–H and O–H groups in total. The summed E-state index contributed by atoms with van der Waals surface area (Å²) in [7, 11) is 0. The minimum atomic E-state index is -0.460. The van der Waals surface area contributed by atoms with Gasteiger partial charge in [0.2, 0.25) is 11.7 Å². The van der Waals surface area contributed by atoms with Crippen molar-refractivity contribution in [2.75, 3.05) is 10.6 Å². The third kappa shape index (κ3) is 3.10. The predicted molar refractivity (Wildman–Crippen MR) is 109 cm³/mol. The lowest BCUT2D eigenvalue weighted by atomic mass is 10.1. The van der Waals surface area contributed by atoms with Crippen LogP contribution < -0.4 is 10.6 Å². The number of rotatable bonds is 4. The Hall–Kier alpha value is -4.07. The van der Waals surface area contributed by atoms with Crippen LogP contribution in [0.5, 0.6) is 0 Å². The number of anilines is 3. The quantitative estimate of drug-likeness (QED) is 0.491. The Morgan fingerprint density at radius 1 is 1.10 bits per heavy atom. The summed E-state index contributed by atoms with van der Waals surface area (Å²) in [6.45, 7) is 0. The Bertz CT molecular complexity index is 1250. The first-order valence-electron chi connectivity index (χ1n) is 9.11. The minimum absolute atomic E-state index is 0.119. The van der Waals surface area contributed by atoms with Crippen molar-refractivity contribution in [3.05, 3.63) is 72.0 Å². The zero-order valence-electron chi connectivity index (χ0n) is 15.3. The maximum absolute atomic E-state index is 12.9. The summed E-state index contributed by atoms with van der Waals surface area (Å²) < 4.78 is 5.79. The summed E-state index contributed by atoms with van der Waals surface area (Å²) in [6, 6.07) is 9.32. The van der Waals surface area contributed by atoms with E-state index < -0.39 is 5.91 Å². The summed E-state index contributed by atoms with van der Waals surface area (Å²) in [5, 5.41) is 14.7. The Morgan fingerprint density at radius 3 is 2.83 bits per heavy atom. The number of nitrogens with zero attached hydrogens (tertiary/aromatic N) is 3. The molecule has 142 valence electrons. The summed E-state index contributed by atoms with van der Waals surface area (Å²) in [5.41, 5.74) is 4.63. The highest BCUT2D eigenvalue weighted by molar-refractivity contribution is 6.11. The van der Waals surface area contributed by atoms with E-state index in [0.717, 1.165) is 35.0 Å². The molecule has 1 aromatic carbocycles. The monoisotopic (exact) mass is 384 g/mol. The molecule has 4 aromatic rings. The Kier molecular flexibility index (Phi) is 4.02. The second-order valence-corrected chi connectivity index (χ2v) is 6.68. The number of hydrogen-bond acceptors (Lipinski definition) is 7. The van der Waals surface area contributed by atoms with Gasteiger partial charge in [-0.05, 0) is 48.2 Å². The van der Waals surface area contributed by atoms with Gasteiger partial charge in [0.1, 0.15) is 0 Å². The van der Waals surface area contributed by atoms with E-state index in [1.807, 2.05) is 18.2 Å². The number of fused-ring (bicyclic) bond motifs is 2. The highest BCUT2D eigenvalue weighted by Gasteiger charge is 2.23. The van der Waals surface area contributed by atoms with Gasteiger partial charge in [0.05, 0.1) is 11.9 Å². The summed E-state index contributed by atoms with van der Waals surface area (Å²) in [5.74, 6) is -0.149. The van der Waals surface area contributed by atoms with Crippen molar-refractivity contribution in [1.82, 2.24) is 15.0 Å². The molecule has 0 saturated heterocycles. The molecular formula is C21H16N6O2. The number of amides is 1. The molecule has 1 aliphatic carbocycles. The van der Waals surface area contributed by atoms with Crippen LogP contribution in [0.3, 0.4) is 0 Å². The molecule has 0 spiro atoms. The van der Waals surface area contributed by atoms with Crippen molar-refractivity contribution in [3.8, 4) is 0 Å². The van der Waals surface area contributed by atoms with Crippen molar-refractivity contribution in [2.45, 2.75) is 12.8 Å². The van der Waals surface area contributed by atoms with Crippen LogP contribution in [-0.4, -0.2) is 26.6 Å². The number of aromatic nitrogens is 3. The molecular weight excluding hydrogens is 368 g/mol. The van der Waals surface area contributed by atoms with E-state index in [1.54, 1.807) is 36.9 Å². The van der Waals surface area contributed by atoms with Crippen LogP contribution in [-0.2, 0) is 6.42 Å². The maximum atomic E-state index is 12.9. The molecule has 3 heterocycles. The SMILES string of the molecule is N=C1CCc2cc(Nc3c(C(=O)Nc4ncccn4)oc4cnccc34)ccc21. The number of nitrogens with one attached hydrogen (secondary N) is 3. The number of pyridine rings is 1. The molecule has 0 saturated carbocycles. The van der Waals surface area contributed by atoms with Gasteiger partial charge in [-0.2, -0.15) is 0 Å². The largest absolute Gasteiger partial charge is 0.447 e. The highest BCUT2D eigenvalue weighted by Crippen LogP contribution is 2.34. The molecule has 0 bridgehead atoms. The fourth-order valence-corrected chi connectivity index (χ4v) is 3.47. The van der Waals surface area contributed by atoms with E-state index in [1.165, 1.54) is 0 Å². The zero-order valence-corrected chi connectivity index (χ0v) is 15.3. The van der Waals surface area contributed by atoms with E-state index in [4.69, 9.17) is 9.83 Å². The smallest absolute Gasteiger partial charge is 0.295 e. The molecule has 8 nitrogen and oxygen atoms in total. The lowest BCUT2D eigenvalue weighted by molar-refractivity contribution is 0.0999. The summed E-state index contributed by atoms with van der Waals surface area (Å²) >= 11 is 0. The number of furan rings is 1. The van der Waals surface area contributed by atoms with Gasteiger partial charge in [-0.15, -0.1) is 0 Å². The maximum Gasteiger partial charge on any atom is 0.295 e. The van der Waals surface area contributed by atoms with Crippen molar-refractivity contribution in [3.63, 3.8) is 0 Å². The Morgan fingerprint density at radius 2 is 1.97 bits per heavy atom. The molecule has 1 amide bonds. The van der Waals surface area contributed by atoms with Crippen molar-refractivity contribution >= 4 is 39.9 Å². The third-order valence-electron chi connectivity index (χ3n) is 4.83. The Balaban J connectivity index is 1.53. The first-order chi connectivity index (χ1) is 14.2. The molecule has 8 heteroatoms. The summed E-state index contributed by atoms with van der Waals surface area (Å²) in [4.78, 5) is 25.0. The van der Waals surface area contributed by atoms with Crippen molar-refractivity contribution in [2.24, 2.45) is 0 Å². The van der Waals surface area contributed by atoms with E-state index in [-0.39, 0.29) is 11.7 Å². The first-order valence-corrected chi connectivity index (χ1v) is 9.11. The molecule has 0 aliphatic heterocycles. The standard InChI is InChI=1S/C21H16N6O2/c22-16-5-2-12-10-13(3-4-14(12)16)26-18-15-6-9-23-11-17(15)29-19(18)20(28)27-21-24-7-1-8-25-21/h1,3-4,6-11,22,26H,2,5H2,(H,24,25,27,28). The normalized spacial score (nSPS) is 12.8. The van der Waals surface area contributed by atoms with Gasteiger partial charge >= 0.3 is 0 Å². The molecule has 5 rings (SSSR count). The van der Waals surface area contributed by atoms with Gasteiger partial charge in [0, 0.05) is 35.4 Å². The van der Waals surface area contributed by atoms with Crippen LogP contribution in [0.1, 0.15) is 28.1 Å². The topological polar surface area (TPSA) is 117 Å². The van der Waals surface area contributed by atoms with E-state index in [9.17, 15) is 4.79 Å². The fourth-order valence-electron chi connectivity index (χ4n) is 3.47. The predicted octanol–water partition coefficient (Wildman–Crippen LogP) is 3.93. The number of hydrogen-bond donors (Lipinski definition) is 3. The van der Waals surface area contributed by atoms with Gasteiger partial charge in [-0.1, -0.05) is 6.07 Å². The number of aryl methyl sites for hydroxylation is 1. The molecule has 1 aliphatic rings. The molecule has 0 fully saturated rings. The lowest BCUT2D eigenvalue weighted by Crippen LogP contribution is -2.14. The van der Waals surface area contributed by atoms with Crippen LogP contribution in [0.25, 0.3) is 11.0 Å². The first kappa shape index (κ1) is 17.1. The minimum Gasteiger partial charge on any atom is -0.447 e. The third-order valence-corrected chi connectivity index (χ3v) is 4.83. The Labute approximate surface area is 165 Å². The molecule has 3 aromatic heterocycles. The average molecular weight is 384 g/mol. The van der Waals surface area contributed by atoms with Crippen LogP contribution in [0, 0.1) is 5.41 Å². The van der Waals surface area contributed by atoms with E-state index in [2.05, 4.69) is 25.6 Å². The van der Waals surface area contributed by atoms with Gasteiger partial charge < -0.3 is 15.1 Å². The van der Waals surface area contributed by atoms with Gasteiger partial charge in [0.25, 0.3) is 5.91 Å². The highest BCUT2D eigenvalue weighted by atomic mass is 16.3. The van der Waals surface area contributed by atoms with Gasteiger partial charge in [0.15, 0.2) is 5.58 Å². The van der Waals surface area contributed by atoms with Crippen LogP contribution >= 0.6 is 0 Å². The molecule has 29 heavy (non-hydrogen) atoms. The fraction of sp³-hybridized carbons (Fsp3) is 0.0952. The van der Waals surface area contributed by atoms with Crippen LogP contribution in [0.4, 0.5) is 17.3 Å². The van der Waals surface area contributed by atoms with E-state index >= 15 is 0 Å². The molecule has 0 unspecified atom stereocenters. The van der Waals surface area contributed by atoms with Crippen molar-refractivity contribution < 1.29 is 9.21 Å². The second kappa shape index (κ2) is 6.83. The van der Waals surface area contributed by atoms with Crippen molar-refractivity contribution in [1.29, 1.82) is 5.41 Å². The number of carbonyl (C=O) groups is 1.